The largest absolute Gasteiger partial charge is 0.376 e. The topological polar surface area (TPSA) is 38.0 Å². The van der Waals surface area contributed by atoms with E-state index in [1.165, 1.54) is 44.6 Å². The summed E-state index contributed by atoms with van der Waals surface area (Å²) in [6, 6.07) is 6.92. The molecule has 0 aromatic heterocycles. The molecule has 0 radical (unpaired) electrons. The summed E-state index contributed by atoms with van der Waals surface area (Å²) >= 11 is 0. The molecule has 20 heavy (non-hydrogen) atoms. The monoisotopic (exact) mass is 276 g/mol. The fraction of sp³-hybridized carbons (Fsp3) is 0.647. The number of nitrogens with one attached hydrogen (secondary N) is 1. The summed E-state index contributed by atoms with van der Waals surface area (Å²) in [7, 11) is 0. The molecule has 2 aliphatic rings. The number of anilines is 1. The van der Waals surface area contributed by atoms with Crippen LogP contribution in [0.15, 0.2) is 24.3 Å². The van der Waals surface area contributed by atoms with E-state index in [1.807, 2.05) is 12.1 Å². The van der Waals surface area contributed by atoms with Crippen LogP contribution in [0.2, 0.25) is 0 Å². The second-order valence-corrected chi connectivity index (χ2v) is 6.80. The molecule has 110 valence electrons. The zero-order chi connectivity index (χ0) is 14.1. The highest BCUT2D eigenvalue weighted by Crippen LogP contribution is 2.51. The van der Waals surface area contributed by atoms with Gasteiger partial charge in [0.25, 0.3) is 0 Å². The number of halogens is 1. The average molecular weight is 276 g/mol. The summed E-state index contributed by atoms with van der Waals surface area (Å²) < 4.78 is 13.8. The number of rotatable bonds is 3. The van der Waals surface area contributed by atoms with Crippen molar-refractivity contribution in [3.05, 3.63) is 30.1 Å². The van der Waals surface area contributed by atoms with Gasteiger partial charge in [0, 0.05) is 12.1 Å². The van der Waals surface area contributed by atoms with E-state index < -0.39 is 0 Å². The van der Waals surface area contributed by atoms with Crippen LogP contribution in [0, 0.1) is 11.2 Å². The molecule has 1 aromatic rings. The van der Waals surface area contributed by atoms with Crippen molar-refractivity contribution >= 4 is 5.69 Å². The molecule has 0 heterocycles. The summed E-state index contributed by atoms with van der Waals surface area (Å²) in [6.07, 6.45) is 10.2. The van der Waals surface area contributed by atoms with Gasteiger partial charge in [0.2, 0.25) is 0 Å². The van der Waals surface area contributed by atoms with E-state index in [0.29, 0.717) is 17.6 Å². The van der Waals surface area contributed by atoms with Crippen LogP contribution in [-0.2, 0) is 0 Å². The van der Waals surface area contributed by atoms with E-state index in [4.69, 9.17) is 5.73 Å². The predicted molar refractivity (Wildman–Crippen MR) is 81.2 cm³/mol. The minimum atomic E-state index is -0.179. The minimum absolute atomic E-state index is 0.115. The van der Waals surface area contributed by atoms with Crippen molar-refractivity contribution in [2.24, 2.45) is 11.1 Å². The summed E-state index contributed by atoms with van der Waals surface area (Å²) in [4.78, 5) is 0. The second-order valence-electron chi connectivity index (χ2n) is 6.80. The molecule has 2 saturated carbocycles. The maximum Gasteiger partial charge on any atom is 0.146 e. The molecule has 1 spiro atoms. The number of benzene rings is 1. The first-order chi connectivity index (χ1) is 9.67. The summed E-state index contributed by atoms with van der Waals surface area (Å²) in [5, 5.41) is 3.42. The number of hydrogen-bond donors (Lipinski definition) is 2. The Balaban J connectivity index is 1.72. The third kappa shape index (κ3) is 2.56. The lowest BCUT2D eigenvalue weighted by atomic mass is 9.66. The Morgan fingerprint density at radius 1 is 1.00 bits per heavy atom. The molecule has 0 unspecified atom stereocenters. The zero-order valence-electron chi connectivity index (χ0n) is 12.1. The molecule has 2 nitrogen and oxygen atoms in total. The molecule has 2 fully saturated rings. The van der Waals surface area contributed by atoms with Crippen molar-refractivity contribution < 1.29 is 4.39 Å². The van der Waals surface area contributed by atoms with Crippen LogP contribution >= 0.6 is 0 Å². The van der Waals surface area contributed by atoms with Gasteiger partial charge in [-0.15, -0.1) is 0 Å². The number of hydrogen-bond acceptors (Lipinski definition) is 2. The molecule has 2 aliphatic carbocycles. The standard InChI is InChI=1S/C17H25FN2/c18-14-5-1-2-6-15(14)20-17(13-19)11-9-16(10-12-17)7-3-4-8-16/h1-2,5-6,20H,3-4,7-13,19H2. The van der Waals surface area contributed by atoms with Gasteiger partial charge in [0.1, 0.15) is 5.82 Å². The molecule has 0 atom stereocenters. The predicted octanol–water partition coefficient (Wildman–Crippen LogP) is 4.07. The highest BCUT2D eigenvalue weighted by Gasteiger charge is 2.43. The van der Waals surface area contributed by atoms with Crippen LogP contribution in [0.1, 0.15) is 51.4 Å². The maximum absolute atomic E-state index is 13.8. The van der Waals surface area contributed by atoms with E-state index >= 15 is 0 Å². The smallest absolute Gasteiger partial charge is 0.146 e. The fourth-order valence-corrected chi connectivity index (χ4v) is 4.11. The normalized spacial score (nSPS) is 23.9. The molecule has 3 heteroatoms. The molecule has 1 aromatic carbocycles. The van der Waals surface area contributed by atoms with Crippen LogP contribution in [0.25, 0.3) is 0 Å². The van der Waals surface area contributed by atoms with E-state index in [-0.39, 0.29) is 11.4 Å². The molecule has 0 aliphatic heterocycles. The first-order valence-electron chi connectivity index (χ1n) is 7.90. The quantitative estimate of drug-likeness (QED) is 0.873. The van der Waals surface area contributed by atoms with Gasteiger partial charge in [0.15, 0.2) is 0 Å². The Hall–Kier alpha value is -1.09. The van der Waals surface area contributed by atoms with Crippen molar-refractivity contribution in [2.75, 3.05) is 11.9 Å². The lowest BCUT2D eigenvalue weighted by Gasteiger charge is -2.45. The Kier molecular flexibility index (Phi) is 3.72. The van der Waals surface area contributed by atoms with Gasteiger partial charge in [-0.2, -0.15) is 0 Å². The third-order valence-electron chi connectivity index (χ3n) is 5.60. The first-order valence-corrected chi connectivity index (χ1v) is 7.90. The summed E-state index contributed by atoms with van der Waals surface area (Å²) in [5.74, 6) is -0.179. The van der Waals surface area contributed by atoms with Crippen LogP contribution in [0.4, 0.5) is 10.1 Å². The van der Waals surface area contributed by atoms with Crippen molar-refractivity contribution in [3.8, 4) is 0 Å². The average Bonchev–Trinajstić information content (AvgIpc) is 2.93. The fourth-order valence-electron chi connectivity index (χ4n) is 4.11. The Morgan fingerprint density at radius 3 is 2.25 bits per heavy atom. The molecule has 3 rings (SSSR count). The molecular weight excluding hydrogens is 251 g/mol. The SMILES string of the molecule is NCC1(Nc2ccccc2F)CCC2(CCCC2)CC1. The van der Waals surface area contributed by atoms with E-state index in [9.17, 15) is 4.39 Å². The first kappa shape index (κ1) is 13.9. The van der Waals surface area contributed by atoms with Crippen LogP contribution in [0.3, 0.4) is 0 Å². The van der Waals surface area contributed by atoms with Gasteiger partial charge in [-0.05, 0) is 56.1 Å². The van der Waals surface area contributed by atoms with Crippen molar-refractivity contribution in [1.82, 2.24) is 0 Å². The van der Waals surface area contributed by atoms with Gasteiger partial charge in [-0.3, -0.25) is 0 Å². The van der Waals surface area contributed by atoms with Crippen molar-refractivity contribution in [2.45, 2.75) is 56.9 Å². The Morgan fingerprint density at radius 2 is 1.65 bits per heavy atom. The Bertz CT molecular complexity index is 456. The van der Waals surface area contributed by atoms with Gasteiger partial charge < -0.3 is 11.1 Å². The van der Waals surface area contributed by atoms with Crippen LogP contribution in [0.5, 0.6) is 0 Å². The van der Waals surface area contributed by atoms with Gasteiger partial charge in [0.05, 0.1) is 5.69 Å². The van der Waals surface area contributed by atoms with Crippen LogP contribution in [-0.4, -0.2) is 12.1 Å². The van der Waals surface area contributed by atoms with Crippen molar-refractivity contribution in [3.63, 3.8) is 0 Å². The van der Waals surface area contributed by atoms with Gasteiger partial charge >= 0.3 is 0 Å². The highest BCUT2D eigenvalue weighted by atomic mass is 19.1. The lowest BCUT2D eigenvalue weighted by Crippen LogP contribution is -2.50. The summed E-state index contributed by atoms with van der Waals surface area (Å²) in [6.45, 7) is 0.581. The number of nitrogens with two attached hydrogens (primary N) is 1. The van der Waals surface area contributed by atoms with Gasteiger partial charge in [-0.1, -0.05) is 25.0 Å². The van der Waals surface area contributed by atoms with E-state index in [2.05, 4.69) is 5.32 Å². The third-order valence-corrected chi connectivity index (χ3v) is 5.60. The minimum Gasteiger partial charge on any atom is -0.376 e. The zero-order valence-corrected chi connectivity index (χ0v) is 12.1. The molecule has 0 amide bonds. The maximum atomic E-state index is 13.8. The molecule has 0 bridgehead atoms. The second kappa shape index (κ2) is 5.36. The van der Waals surface area contributed by atoms with E-state index in [0.717, 1.165) is 12.8 Å². The molecular formula is C17H25FN2. The highest BCUT2D eigenvalue weighted by molar-refractivity contribution is 5.47. The Labute approximate surface area is 120 Å². The molecule has 3 N–H and O–H groups in total. The van der Waals surface area contributed by atoms with E-state index in [1.54, 1.807) is 6.07 Å². The van der Waals surface area contributed by atoms with Gasteiger partial charge in [-0.25, -0.2) is 4.39 Å². The van der Waals surface area contributed by atoms with Crippen LogP contribution < -0.4 is 11.1 Å². The molecule has 0 saturated heterocycles. The van der Waals surface area contributed by atoms with Crippen molar-refractivity contribution in [1.29, 1.82) is 0 Å². The number of para-hydroxylation sites is 1. The lowest BCUT2D eigenvalue weighted by molar-refractivity contribution is 0.148. The summed E-state index contributed by atoms with van der Waals surface area (Å²) in [5.41, 5.74) is 7.10.